The highest BCUT2D eigenvalue weighted by atomic mass is 35.5. The van der Waals surface area contributed by atoms with Crippen molar-refractivity contribution in [1.29, 1.82) is 0 Å². The van der Waals surface area contributed by atoms with Crippen LogP contribution in [0.15, 0.2) is 42.5 Å². The van der Waals surface area contributed by atoms with Crippen LogP contribution in [0.3, 0.4) is 0 Å². The predicted octanol–water partition coefficient (Wildman–Crippen LogP) is 5.08. The van der Waals surface area contributed by atoms with Gasteiger partial charge in [0.2, 0.25) is 0 Å². The van der Waals surface area contributed by atoms with E-state index < -0.39 is 0 Å². The minimum Gasteiger partial charge on any atom is -0.323 e. The average molecular weight is 324 g/mol. The van der Waals surface area contributed by atoms with E-state index >= 15 is 0 Å². The second kappa shape index (κ2) is 5.72. The highest BCUT2D eigenvalue weighted by molar-refractivity contribution is 7.19. The van der Waals surface area contributed by atoms with Crippen LogP contribution < -0.4 is 5.73 Å². The number of rotatable bonds is 3. The lowest BCUT2D eigenvalue weighted by atomic mass is 10.0. The van der Waals surface area contributed by atoms with Crippen LogP contribution in [-0.4, -0.2) is 0 Å². The summed E-state index contributed by atoms with van der Waals surface area (Å²) in [5.74, 6) is -0.590. The number of fused-ring (bicyclic) bond motifs is 1. The third-order valence-corrected chi connectivity index (χ3v) is 4.78. The van der Waals surface area contributed by atoms with Gasteiger partial charge in [0.1, 0.15) is 11.6 Å². The molecule has 21 heavy (non-hydrogen) atoms. The van der Waals surface area contributed by atoms with Crippen LogP contribution in [0.5, 0.6) is 0 Å². The normalized spacial score (nSPS) is 12.8. The fourth-order valence-electron chi connectivity index (χ4n) is 2.25. The summed E-state index contributed by atoms with van der Waals surface area (Å²) in [5.41, 5.74) is 6.64. The molecule has 0 saturated carbocycles. The van der Waals surface area contributed by atoms with Gasteiger partial charge in [-0.2, -0.15) is 0 Å². The van der Waals surface area contributed by atoms with Crippen molar-refractivity contribution in [2.75, 3.05) is 0 Å². The standard InChI is InChI=1S/C16H12ClF2NS/c17-11-2-4-13(19)10(5-11)6-14(20)16-7-9-1-3-12(18)8-15(9)21-16/h1-5,7-8,14H,6,20H2. The molecule has 3 aromatic rings. The number of nitrogens with two attached hydrogens (primary N) is 1. The summed E-state index contributed by atoms with van der Waals surface area (Å²) in [7, 11) is 0. The van der Waals surface area contributed by atoms with Gasteiger partial charge in [-0.1, -0.05) is 17.7 Å². The third kappa shape index (κ3) is 3.07. The largest absolute Gasteiger partial charge is 0.323 e. The van der Waals surface area contributed by atoms with Crippen molar-refractivity contribution in [3.63, 3.8) is 0 Å². The van der Waals surface area contributed by atoms with E-state index in [-0.39, 0.29) is 17.7 Å². The fourth-order valence-corrected chi connectivity index (χ4v) is 3.53. The van der Waals surface area contributed by atoms with Crippen molar-refractivity contribution < 1.29 is 8.78 Å². The van der Waals surface area contributed by atoms with E-state index in [1.165, 1.54) is 35.6 Å². The molecule has 0 amide bonds. The van der Waals surface area contributed by atoms with E-state index in [2.05, 4.69) is 0 Å². The van der Waals surface area contributed by atoms with Gasteiger partial charge in [0.15, 0.2) is 0 Å². The quantitative estimate of drug-likeness (QED) is 0.715. The zero-order chi connectivity index (χ0) is 15.0. The summed E-state index contributed by atoms with van der Waals surface area (Å²) in [6.45, 7) is 0. The molecule has 108 valence electrons. The summed E-state index contributed by atoms with van der Waals surface area (Å²) >= 11 is 7.31. The lowest BCUT2D eigenvalue weighted by molar-refractivity contribution is 0.595. The van der Waals surface area contributed by atoms with Gasteiger partial charge < -0.3 is 5.73 Å². The minimum atomic E-state index is -0.349. The second-order valence-electron chi connectivity index (χ2n) is 4.88. The lowest BCUT2D eigenvalue weighted by Crippen LogP contribution is -2.12. The van der Waals surface area contributed by atoms with Gasteiger partial charge in [0.05, 0.1) is 0 Å². The number of benzene rings is 2. The SMILES string of the molecule is NC(Cc1cc(Cl)ccc1F)c1cc2ccc(F)cc2s1. The fraction of sp³-hybridized carbons (Fsp3) is 0.125. The van der Waals surface area contributed by atoms with E-state index in [0.717, 1.165) is 15.0 Å². The minimum absolute atomic E-state index is 0.273. The second-order valence-corrected chi connectivity index (χ2v) is 6.43. The molecule has 5 heteroatoms. The Hall–Kier alpha value is -1.49. The van der Waals surface area contributed by atoms with Gasteiger partial charge in [-0.05, 0) is 53.8 Å². The van der Waals surface area contributed by atoms with E-state index in [1.807, 2.05) is 6.07 Å². The summed E-state index contributed by atoms with van der Waals surface area (Å²) in [6, 6.07) is 10.6. The van der Waals surface area contributed by atoms with Gasteiger partial charge in [-0.15, -0.1) is 11.3 Å². The van der Waals surface area contributed by atoms with Gasteiger partial charge in [-0.25, -0.2) is 8.78 Å². The maximum atomic E-state index is 13.7. The molecule has 1 aromatic heterocycles. The molecule has 1 nitrogen and oxygen atoms in total. The molecule has 0 spiro atoms. The number of hydrogen-bond donors (Lipinski definition) is 1. The first kappa shape index (κ1) is 14.4. The van der Waals surface area contributed by atoms with Crippen molar-refractivity contribution in [2.24, 2.45) is 5.73 Å². The highest BCUT2D eigenvalue weighted by Gasteiger charge is 2.14. The maximum Gasteiger partial charge on any atom is 0.126 e. The molecular weight excluding hydrogens is 312 g/mol. The molecule has 1 unspecified atom stereocenters. The zero-order valence-electron chi connectivity index (χ0n) is 10.9. The van der Waals surface area contributed by atoms with E-state index in [1.54, 1.807) is 12.1 Å². The Kier molecular flexibility index (Phi) is 3.93. The van der Waals surface area contributed by atoms with Crippen LogP contribution in [0.4, 0.5) is 8.78 Å². The first-order valence-electron chi connectivity index (χ1n) is 6.41. The maximum absolute atomic E-state index is 13.7. The molecule has 0 aliphatic heterocycles. The molecule has 1 heterocycles. The van der Waals surface area contributed by atoms with Crippen LogP contribution in [0.25, 0.3) is 10.1 Å². The molecule has 0 fully saturated rings. The van der Waals surface area contributed by atoms with Crippen LogP contribution in [0.2, 0.25) is 5.02 Å². The molecule has 0 radical (unpaired) electrons. The lowest BCUT2D eigenvalue weighted by Gasteiger charge is -2.10. The molecule has 0 aliphatic carbocycles. The molecule has 0 saturated heterocycles. The molecular formula is C16H12ClF2NS. The monoisotopic (exact) mass is 323 g/mol. The van der Waals surface area contributed by atoms with Gasteiger partial charge >= 0.3 is 0 Å². The molecule has 0 bridgehead atoms. The number of hydrogen-bond acceptors (Lipinski definition) is 2. The Bertz CT molecular complexity index is 800. The summed E-state index contributed by atoms with van der Waals surface area (Å²) < 4.78 is 27.8. The van der Waals surface area contributed by atoms with Crippen LogP contribution in [0, 0.1) is 11.6 Å². The highest BCUT2D eigenvalue weighted by Crippen LogP contribution is 2.31. The predicted molar refractivity (Wildman–Crippen MR) is 83.8 cm³/mol. The van der Waals surface area contributed by atoms with Crippen LogP contribution in [-0.2, 0) is 6.42 Å². The van der Waals surface area contributed by atoms with Crippen molar-refractivity contribution >= 4 is 33.0 Å². The molecule has 1 atom stereocenters. The first-order chi connectivity index (χ1) is 10.0. The zero-order valence-corrected chi connectivity index (χ0v) is 12.5. The van der Waals surface area contributed by atoms with Gasteiger partial charge in [0.25, 0.3) is 0 Å². The average Bonchev–Trinajstić information content (AvgIpc) is 2.86. The molecule has 3 rings (SSSR count). The van der Waals surface area contributed by atoms with Gasteiger partial charge in [-0.3, -0.25) is 0 Å². The summed E-state index contributed by atoms with van der Waals surface area (Å²) in [4.78, 5) is 0.898. The summed E-state index contributed by atoms with van der Waals surface area (Å²) in [5, 5.41) is 1.43. The Morgan fingerprint density at radius 1 is 1.10 bits per heavy atom. The van der Waals surface area contributed by atoms with Crippen molar-refractivity contribution in [3.8, 4) is 0 Å². The third-order valence-electron chi connectivity index (χ3n) is 3.31. The Morgan fingerprint density at radius 2 is 1.90 bits per heavy atom. The van der Waals surface area contributed by atoms with Crippen LogP contribution >= 0.6 is 22.9 Å². The number of halogens is 3. The van der Waals surface area contributed by atoms with E-state index in [4.69, 9.17) is 17.3 Å². The number of thiophene rings is 1. The van der Waals surface area contributed by atoms with Crippen molar-refractivity contribution in [3.05, 3.63) is 69.6 Å². The van der Waals surface area contributed by atoms with E-state index in [0.29, 0.717) is 17.0 Å². The first-order valence-corrected chi connectivity index (χ1v) is 7.61. The van der Waals surface area contributed by atoms with Crippen molar-refractivity contribution in [2.45, 2.75) is 12.5 Å². The molecule has 2 N–H and O–H groups in total. The smallest absolute Gasteiger partial charge is 0.126 e. The molecule has 2 aromatic carbocycles. The Morgan fingerprint density at radius 3 is 2.71 bits per heavy atom. The Labute approximate surface area is 130 Å². The topological polar surface area (TPSA) is 26.0 Å². The van der Waals surface area contributed by atoms with Crippen LogP contribution in [0.1, 0.15) is 16.5 Å². The Balaban J connectivity index is 1.89. The molecule has 0 aliphatic rings. The van der Waals surface area contributed by atoms with Crippen molar-refractivity contribution in [1.82, 2.24) is 0 Å². The van der Waals surface area contributed by atoms with Gasteiger partial charge in [0, 0.05) is 20.6 Å². The van der Waals surface area contributed by atoms with E-state index in [9.17, 15) is 8.78 Å². The summed E-state index contributed by atoms with van der Waals surface area (Å²) in [6.07, 6.45) is 0.349.